The summed E-state index contributed by atoms with van der Waals surface area (Å²) in [6, 6.07) is 0. The molecule has 0 saturated carbocycles. The summed E-state index contributed by atoms with van der Waals surface area (Å²) in [6.45, 7) is 5.68. The number of carbonyl (C=O) groups is 1. The molecule has 0 radical (unpaired) electrons. The Kier molecular flexibility index (Phi) is 9.48. The molecule has 0 spiro atoms. The third kappa shape index (κ3) is 13.8. The lowest BCUT2D eigenvalue weighted by atomic mass is 10.2. The molecule has 0 atom stereocenters. The van der Waals surface area contributed by atoms with Gasteiger partial charge in [0.1, 0.15) is 0 Å². The minimum Gasteiger partial charge on any atom is -0.463 e. The molecule has 0 aromatic rings. The number of quaternary nitrogens is 1. The SMILES string of the molecule is C=CC(=O)OCCCC[N+](C)(C)CCCCCS(=O)(=O)O. The van der Waals surface area contributed by atoms with Crippen molar-refractivity contribution >= 4 is 16.1 Å². The zero-order valence-corrected chi connectivity index (χ0v) is 13.9. The summed E-state index contributed by atoms with van der Waals surface area (Å²) < 4.78 is 35.5. The van der Waals surface area contributed by atoms with Crippen LogP contribution in [-0.4, -0.2) is 63.0 Å². The summed E-state index contributed by atoms with van der Waals surface area (Å²) in [7, 11) is 0.424. The standard InChI is InChI=1S/C14H27NO5S/c1-4-14(16)20-12-8-7-11-15(2,3)10-6-5-9-13-21(17,18)19/h4H,1,5-13H2,2-3H3/p+1. The van der Waals surface area contributed by atoms with E-state index in [1.807, 2.05) is 0 Å². The van der Waals surface area contributed by atoms with Gasteiger partial charge < -0.3 is 9.22 Å². The third-order valence-electron chi connectivity index (χ3n) is 3.23. The van der Waals surface area contributed by atoms with Crippen molar-refractivity contribution < 1.29 is 27.0 Å². The number of carbonyl (C=O) groups excluding carboxylic acids is 1. The summed E-state index contributed by atoms with van der Waals surface area (Å²) in [5.74, 6) is -0.544. The monoisotopic (exact) mass is 322 g/mol. The maximum Gasteiger partial charge on any atom is 0.330 e. The van der Waals surface area contributed by atoms with Crippen molar-refractivity contribution in [3.8, 4) is 0 Å². The Balaban J connectivity index is 3.64. The Morgan fingerprint density at radius 1 is 1.14 bits per heavy atom. The van der Waals surface area contributed by atoms with Gasteiger partial charge in [0.15, 0.2) is 0 Å². The van der Waals surface area contributed by atoms with Gasteiger partial charge in [-0.25, -0.2) is 4.79 Å². The molecule has 0 unspecified atom stereocenters. The molecule has 0 fully saturated rings. The van der Waals surface area contributed by atoms with E-state index in [9.17, 15) is 13.2 Å². The van der Waals surface area contributed by atoms with E-state index in [1.165, 1.54) is 0 Å². The highest BCUT2D eigenvalue weighted by molar-refractivity contribution is 7.85. The molecule has 0 aromatic heterocycles. The van der Waals surface area contributed by atoms with Crippen LogP contribution >= 0.6 is 0 Å². The first-order valence-electron chi connectivity index (χ1n) is 7.23. The van der Waals surface area contributed by atoms with Crippen molar-refractivity contribution in [3.05, 3.63) is 12.7 Å². The van der Waals surface area contributed by atoms with Crippen molar-refractivity contribution in [2.45, 2.75) is 32.1 Å². The van der Waals surface area contributed by atoms with E-state index in [4.69, 9.17) is 9.29 Å². The molecule has 0 aromatic carbocycles. The number of nitrogens with zero attached hydrogens (tertiary/aromatic N) is 1. The highest BCUT2D eigenvalue weighted by Gasteiger charge is 2.14. The van der Waals surface area contributed by atoms with Crippen LogP contribution in [0.2, 0.25) is 0 Å². The summed E-state index contributed by atoms with van der Waals surface area (Å²) in [5, 5.41) is 0. The van der Waals surface area contributed by atoms with E-state index in [1.54, 1.807) is 0 Å². The Morgan fingerprint density at radius 3 is 2.24 bits per heavy atom. The Morgan fingerprint density at radius 2 is 1.71 bits per heavy atom. The Bertz CT molecular complexity index is 417. The van der Waals surface area contributed by atoms with Crippen LogP contribution in [-0.2, 0) is 19.6 Å². The molecule has 21 heavy (non-hydrogen) atoms. The summed E-state index contributed by atoms with van der Waals surface area (Å²) in [5.41, 5.74) is 0. The first kappa shape index (κ1) is 20.1. The molecule has 6 nitrogen and oxygen atoms in total. The maximum atomic E-state index is 10.8. The predicted molar refractivity (Wildman–Crippen MR) is 82.5 cm³/mol. The number of hydrogen-bond acceptors (Lipinski definition) is 4. The molecular formula is C14H28NO5S+. The fourth-order valence-electron chi connectivity index (χ4n) is 1.99. The van der Waals surface area contributed by atoms with Crippen LogP contribution in [0.4, 0.5) is 0 Å². The van der Waals surface area contributed by atoms with Gasteiger partial charge in [0.25, 0.3) is 10.1 Å². The highest BCUT2D eigenvalue weighted by atomic mass is 32.2. The Hall–Kier alpha value is -0.920. The minimum absolute atomic E-state index is 0.158. The van der Waals surface area contributed by atoms with Gasteiger partial charge in [-0.2, -0.15) is 8.42 Å². The van der Waals surface area contributed by atoms with E-state index in [2.05, 4.69) is 20.7 Å². The van der Waals surface area contributed by atoms with Gasteiger partial charge in [0.2, 0.25) is 0 Å². The first-order valence-corrected chi connectivity index (χ1v) is 8.83. The van der Waals surface area contributed by atoms with Crippen LogP contribution in [0.3, 0.4) is 0 Å². The van der Waals surface area contributed by atoms with Gasteiger partial charge in [-0.3, -0.25) is 4.55 Å². The zero-order chi connectivity index (χ0) is 16.4. The fraction of sp³-hybridized carbons (Fsp3) is 0.786. The van der Waals surface area contributed by atoms with Gasteiger partial charge >= 0.3 is 5.97 Å². The number of rotatable bonds is 12. The van der Waals surface area contributed by atoms with Gasteiger partial charge in [-0.05, 0) is 32.1 Å². The first-order chi connectivity index (χ1) is 9.66. The summed E-state index contributed by atoms with van der Waals surface area (Å²) in [4.78, 5) is 10.8. The lowest BCUT2D eigenvalue weighted by Gasteiger charge is -2.29. The van der Waals surface area contributed by atoms with Crippen molar-refractivity contribution in [1.29, 1.82) is 0 Å². The summed E-state index contributed by atoms with van der Waals surface area (Å²) >= 11 is 0. The number of esters is 1. The molecule has 0 rings (SSSR count). The smallest absolute Gasteiger partial charge is 0.330 e. The van der Waals surface area contributed by atoms with E-state index in [0.29, 0.717) is 13.0 Å². The normalized spacial score (nSPS) is 12.1. The summed E-state index contributed by atoms with van der Waals surface area (Å²) in [6.07, 6.45) is 5.15. The van der Waals surface area contributed by atoms with Crippen molar-refractivity contribution in [1.82, 2.24) is 0 Å². The molecule has 0 bridgehead atoms. The van der Waals surface area contributed by atoms with Gasteiger partial charge in [-0.15, -0.1) is 0 Å². The second-order valence-electron chi connectivity index (χ2n) is 5.81. The van der Waals surface area contributed by atoms with E-state index < -0.39 is 10.1 Å². The van der Waals surface area contributed by atoms with E-state index >= 15 is 0 Å². The van der Waals surface area contributed by atoms with Crippen LogP contribution in [0.25, 0.3) is 0 Å². The average molecular weight is 322 g/mol. The third-order valence-corrected chi connectivity index (χ3v) is 4.04. The number of hydrogen-bond donors (Lipinski definition) is 1. The van der Waals surface area contributed by atoms with Gasteiger partial charge in [0.05, 0.1) is 39.5 Å². The van der Waals surface area contributed by atoms with Crippen LogP contribution in [0.1, 0.15) is 32.1 Å². The minimum atomic E-state index is -3.82. The molecule has 124 valence electrons. The van der Waals surface area contributed by atoms with Crippen LogP contribution in [0, 0.1) is 0 Å². The molecule has 0 aliphatic heterocycles. The molecule has 0 amide bonds. The number of ether oxygens (including phenoxy) is 1. The Labute approximate surface area is 128 Å². The van der Waals surface area contributed by atoms with Gasteiger partial charge in [-0.1, -0.05) is 6.58 Å². The maximum absolute atomic E-state index is 10.8. The highest BCUT2D eigenvalue weighted by Crippen LogP contribution is 2.07. The molecule has 1 N–H and O–H groups in total. The van der Waals surface area contributed by atoms with E-state index in [-0.39, 0.29) is 11.7 Å². The van der Waals surface area contributed by atoms with Crippen molar-refractivity contribution in [2.75, 3.05) is 39.5 Å². The lowest BCUT2D eigenvalue weighted by Crippen LogP contribution is -2.41. The molecular weight excluding hydrogens is 294 g/mol. The quantitative estimate of drug-likeness (QED) is 0.194. The largest absolute Gasteiger partial charge is 0.463 e. The van der Waals surface area contributed by atoms with Crippen LogP contribution < -0.4 is 0 Å². The van der Waals surface area contributed by atoms with Crippen LogP contribution in [0.15, 0.2) is 12.7 Å². The predicted octanol–water partition coefficient (Wildman–Crippen LogP) is 1.63. The van der Waals surface area contributed by atoms with Crippen LogP contribution in [0.5, 0.6) is 0 Å². The van der Waals surface area contributed by atoms with E-state index in [0.717, 1.165) is 49.3 Å². The van der Waals surface area contributed by atoms with Gasteiger partial charge in [0, 0.05) is 6.08 Å². The average Bonchev–Trinajstić information content (AvgIpc) is 2.36. The van der Waals surface area contributed by atoms with Crippen molar-refractivity contribution in [3.63, 3.8) is 0 Å². The molecule has 0 saturated heterocycles. The topological polar surface area (TPSA) is 80.7 Å². The molecule has 0 heterocycles. The zero-order valence-electron chi connectivity index (χ0n) is 13.1. The second-order valence-corrected chi connectivity index (χ2v) is 7.38. The fourth-order valence-corrected chi connectivity index (χ4v) is 2.56. The molecule has 0 aliphatic carbocycles. The van der Waals surface area contributed by atoms with Crippen molar-refractivity contribution in [2.24, 2.45) is 0 Å². The number of unbranched alkanes of at least 4 members (excludes halogenated alkanes) is 3. The second kappa shape index (κ2) is 9.92. The molecule has 0 aliphatic rings. The molecule has 7 heteroatoms. The lowest BCUT2D eigenvalue weighted by molar-refractivity contribution is -0.890.